The normalized spacial score (nSPS) is 18.9. The maximum atomic E-state index is 13.0. The number of hydrogen-bond acceptors (Lipinski definition) is 4. The Morgan fingerprint density at radius 1 is 1.10 bits per heavy atom. The van der Waals surface area contributed by atoms with E-state index in [1.165, 1.54) is 4.90 Å². The number of nitrogens with zero attached hydrogens (tertiary/aromatic N) is 2. The van der Waals surface area contributed by atoms with Crippen molar-refractivity contribution in [2.45, 2.75) is 6.04 Å². The van der Waals surface area contributed by atoms with Crippen LogP contribution in [0.15, 0.2) is 57.4 Å². The average Bonchev–Trinajstić information content (AvgIpc) is 3.14. The van der Waals surface area contributed by atoms with Crippen molar-refractivity contribution in [3.05, 3.63) is 64.3 Å². The molecule has 29 heavy (non-hydrogen) atoms. The van der Waals surface area contributed by atoms with Crippen LogP contribution in [0.25, 0.3) is 11.0 Å². The number of benzene rings is 2. The molecule has 1 fully saturated rings. The van der Waals surface area contributed by atoms with E-state index in [1.54, 1.807) is 35.2 Å². The second kappa shape index (κ2) is 6.73. The van der Waals surface area contributed by atoms with Gasteiger partial charge in [-0.15, -0.1) is 0 Å². The Kier molecular flexibility index (Phi) is 4.16. The lowest BCUT2D eigenvalue weighted by molar-refractivity contribution is -0.121. The zero-order chi connectivity index (χ0) is 20.1. The molecule has 8 heteroatoms. The minimum absolute atomic E-state index is 0.114. The molecule has 0 saturated carbocycles. The molecule has 1 N–H and O–H groups in total. The summed E-state index contributed by atoms with van der Waals surface area (Å²) in [6.07, 6.45) is 0. The van der Waals surface area contributed by atoms with Crippen LogP contribution in [0.1, 0.15) is 20.9 Å². The van der Waals surface area contributed by atoms with Crippen LogP contribution in [0.4, 0.5) is 5.69 Å². The summed E-state index contributed by atoms with van der Waals surface area (Å²) in [7, 11) is 0. The fourth-order valence-corrected chi connectivity index (χ4v) is 4.21. The van der Waals surface area contributed by atoms with E-state index in [4.69, 9.17) is 4.42 Å². The molecule has 1 aromatic heterocycles. The Bertz CT molecular complexity index is 1140. The first-order valence-corrected chi connectivity index (χ1v) is 10.00. The highest BCUT2D eigenvalue weighted by molar-refractivity contribution is 9.10. The smallest absolute Gasteiger partial charge is 0.289 e. The maximum absolute atomic E-state index is 13.0. The topological polar surface area (TPSA) is 82.9 Å². The monoisotopic (exact) mass is 453 g/mol. The Hall–Kier alpha value is -3.13. The predicted molar refractivity (Wildman–Crippen MR) is 110 cm³/mol. The van der Waals surface area contributed by atoms with Gasteiger partial charge in [-0.3, -0.25) is 14.4 Å². The summed E-state index contributed by atoms with van der Waals surface area (Å²) >= 11 is 3.37. The van der Waals surface area contributed by atoms with Gasteiger partial charge < -0.3 is 19.5 Å². The van der Waals surface area contributed by atoms with Crippen molar-refractivity contribution in [3.63, 3.8) is 0 Å². The average molecular weight is 454 g/mol. The molecule has 0 bridgehead atoms. The summed E-state index contributed by atoms with van der Waals surface area (Å²) in [5.41, 5.74) is 1.55. The molecule has 3 heterocycles. The second-order valence-electron chi connectivity index (χ2n) is 7.09. The van der Waals surface area contributed by atoms with Crippen LogP contribution >= 0.6 is 15.9 Å². The van der Waals surface area contributed by atoms with Crippen LogP contribution < -0.4 is 5.32 Å². The van der Waals surface area contributed by atoms with Crippen LogP contribution in [0.5, 0.6) is 0 Å². The minimum atomic E-state index is -0.754. The number of carbonyl (C=O) groups is 3. The van der Waals surface area contributed by atoms with Gasteiger partial charge in [0.05, 0.1) is 17.8 Å². The fraction of sp³-hybridized carbons (Fsp3) is 0.190. The van der Waals surface area contributed by atoms with Gasteiger partial charge in [0, 0.05) is 22.9 Å². The molecule has 3 amide bonds. The summed E-state index contributed by atoms with van der Waals surface area (Å²) in [6, 6.07) is 13.5. The first kappa shape index (κ1) is 17.9. The number of piperazine rings is 1. The first-order valence-electron chi connectivity index (χ1n) is 9.20. The number of hydrogen-bond donors (Lipinski definition) is 1. The molecule has 1 atom stereocenters. The molecule has 146 valence electrons. The molecule has 7 nitrogen and oxygen atoms in total. The Balaban J connectivity index is 1.42. The Morgan fingerprint density at radius 2 is 1.93 bits per heavy atom. The van der Waals surface area contributed by atoms with E-state index < -0.39 is 6.04 Å². The molecule has 0 aliphatic carbocycles. The number of furan rings is 1. The van der Waals surface area contributed by atoms with Crippen molar-refractivity contribution in [2.24, 2.45) is 0 Å². The molecule has 5 rings (SSSR count). The quantitative estimate of drug-likeness (QED) is 0.613. The number of halogens is 1. The van der Waals surface area contributed by atoms with E-state index in [9.17, 15) is 14.4 Å². The van der Waals surface area contributed by atoms with E-state index in [0.717, 1.165) is 9.86 Å². The standard InChI is InChI=1S/C21H16BrN3O4/c22-13-5-6-15-14(10-13)20(27)25-8-7-24(11-16(25)19(26)23-15)21(28)18-9-12-3-1-2-4-17(12)29-18/h1-6,9-10,16H,7-8,11H2,(H,23,26). The van der Waals surface area contributed by atoms with Crippen LogP contribution in [-0.4, -0.2) is 53.2 Å². The lowest BCUT2D eigenvalue weighted by atomic mass is 10.1. The predicted octanol–water partition coefficient (Wildman–Crippen LogP) is 3.11. The largest absolute Gasteiger partial charge is 0.451 e. The van der Waals surface area contributed by atoms with Crippen LogP contribution in [0, 0.1) is 0 Å². The highest BCUT2D eigenvalue weighted by Gasteiger charge is 2.41. The number of fused-ring (bicyclic) bond motifs is 3. The number of amides is 3. The van der Waals surface area contributed by atoms with Gasteiger partial charge in [-0.25, -0.2) is 0 Å². The second-order valence-corrected chi connectivity index (χ2v) is 8.01. The molecular formula is C21H16BrN3O4. The summed E-state index contributed by atoms with van der Waals surface area (Å²) in [6.45, 7) is 0.714. The van der Waals surface area contributed by atoms with Crippen molar-refractivity contribution in [2.75, 3.05) is 25.0 Å². The highest BCUT2D eigenvalue weighted by atomic mass is 79.9. The van der Waals surface area contributed by atoms with E-state index in [1.807, 2.05) is 18.2 Å². The first-order chi connectivity index (χ1) is 14.0. The van der Waals surface area contributed by atoms with E-state index in [2.05, 4.69) is 21.2 Å². The van der Waals surface area contributed by atoms with Crippen molar-refractivity contribution in [3.8, 4) is 0 Å². The molecule has 0 radical (unpaired) electrons. The molecule has 3 aromatic rings. The van der Waals surface area contributed by atoms with Crippen molar-refractivity contribution in [1.82, 2.24) is 9.80 Å². The summed E-state index contributed by atoms with van der Waals surface area (Å²) in [5.74, 6) is -0.583. The maximum Gasteiger partial charge on any atom is 0.289 e. The molecule has 2 aliphatic heterocycles. The van der Waals surface area contributed by atoms with E-state index in [0.29, 0.717) is 23.4 Å². The third-order valence-corrected chi connectivity index (χ3v) is 5.83. The van der Waals surface area contributed by atoms with Gasteiger partial charge in [0.1, 0.15) is 11.6 Å². The van der Waals surface area contributed by atoms with Gasteiger partial charge in [-0.2, -0.15) is 0 Å². The molecular weight excluding hydrogens is 438 g/mol. The third-order valence-electron chi connectivity index (χ3n) is 5.34. The highest BCUT2D eigenvalue weighted by Crippen LogP contribution is 2.29. The zero-order valence-electron chi connectivity index (χ0n) is 15.2. The third kappa shape index (κ3) is 3.00. The van der Waals surface area contributed by atoms with Crippen LogP contribution in [0.3, 0.4) is 0 Å². The number of anilines is 1. The van der Waals surface area contributed by atoms with Gasteiger partial charge in [0.25, 0.3) is 11.8 Å². The van der Waals surface area contributed by atoms with Crippen molar-refractivity contribution >= 4 is 50.3 Å². The molecule has 2 aliphatic rings. The molecule has 1 unspecified atom stereocenters. The lowest BCUT2D eigenvalue weighted by Crippen LogP contribution is -2.59. The van der Waals surface area contributed by atoms with Crippen molar-refractivity contribution in [1.29, 1.82) is 0 Å². The molecule has 0 spiro atoms. The van der Waals surface area contributed by atoms with E-state index in [-0.39, 0.29) is 36.6 Å². The van der Waals surface area contributed by atoms with Gasteiger partial charge in [-0.1, -0.05) is 34.1 Å². The van der Waals surface area contributed by atoms with E-state index >= 15 is 0 Å². The van der Waals surface area contributed by atoms with Gasteiger partial charge >= 0.3 is 0 Å². The van der Waals surface area contributed by atoms with Gasteiger partial charge in [0.15, 0.2) is 5.76 Å². The number of para-hydroxylation sites is 1. The summed E-state index contributed by atoms with van der Waals surface area (Å²) < 4.78 is 6.44. The van der Waals surface area contributed by atoms with Crippen LogP contribution in [-0.2, 0) is 4.79 Å². The molecule has 2 aromatic carbocycles. The summed E-state index contributed by atoms with van der Waals surface area (Å²) in [5, 5.41) is 3.66. The SMILES string of the molecule is O=C1Nc2ccc(Br)cc2C(=O)N2CCN(C(=O)c3cc4ccccc4o3)CC12. The number of nitrogens with one attached hydrogen (secondary N) is 1. The Labute approximate surface area is 174 Å². The summed E-state index contributed by atoms with van der Waals surface area (Å²) in [4.78, 5) is 41.9. The zero-order valence-corrected chi connectivity index (χ0v) is 16.8. The Morgan fingerprint density at radius 3 is 2.76 bits per heavy atom. The molecule has 1 saturated heterocycles. The minimum Gasteiger partial charge on any atom is -0.451 e. The fourth-order valence-electron chi connectivity index (χ4n) is 3.85. The lowest BCUT2D eigenvalue weighted by Gasteiger charge is -2.38. The van der Waals surface area contributed by atoms with Gasteiger partial charge in [0.2, 0.25) is 5.91 Å². The van der Waals surface area contributed by atoms with Gasteiger partial charge in [-0.05, 0) is 30.3 Å². The number of carbonyl (C=O) groups excluding carboxylic acids is 3. The number of rotatable bonds is 1. The van der Waals surface area contributed by atoms with Crippen molar-refractivity contribution < 1.29 is 18.8 Å². The van der Waals surface area contributed by atoms with Crippen LogP contribution in [0.2, 0.25) is 0 Å².